The van der Waals surface area contributed by atoms with Crippen LogP contribution in [0.2, 0.25) is 0 Å². The molecule has 23 heavy (non-hydrogen) atoms. The number of sulfone groups is 1. The van der Waals surface area contributed by atoms with E-state index in [1.54, 1.807) is 12.1 Å². The number of para-hydroxylation sites is 1. The van der Waals surface area contributed by atoms with Crippen LogP contribution in [0.25, 0.3) is 16.7 Å². The van der Waals surface area contributed by atoms with Gasteiger partial charge in [-0.25, -0.2) is 8.42 Å². The van der Waals surface area contributed by atoms with Gasteiger partial charge < -0.3 is 5.32 Å². The largest absolute Gasteiger partial charge is 0.384 e. The Hall–Kier alpha value is -2.07. The third-order valence-corrected chi connectivity index (χ3v) is 5.36. The summed E-state index contributed by atoms with van der Waals surface area (Å²) in [5, 5.41) is 3.47. The molecule has 1 aliphatic heterocycles. The van der Waals surface area contributed by atoms with Crippen molar-refractivity contribution in [2.45, 2.75) is 24.7 Å². The van der Waals surface area contributed by atoms with Crippen LogP contribution < -0.4 is 5.32 Å². The van der Waals surface area contributed by atoms with Crippen LogP contribution in [0.15, 0.2) is 47.9 Å². The lowest BCUT2D eigenvalue weighted by molar-refractivity contribution is 0.601. The molecule has 1 heterocycles. The summed E-state index contributed by atoms with van der Waals surface area (Å²) in [5.74, 6) is 0. The lowest BCUT2D eigenvalue weighted by Gasteiger charge is -2.23. The van der Waals surface area contributed by atoms with Gasteiger partial charge >= 0.3 is 0 Å². The molecule has 0 unspecified atom stereocenters. The van der Waals surface area contributed by atoms with Crippen molar-refractivity contribution in [1.82, 2.24) is 0 Å². The first-order valence-corrected chi connectivity index (χ1v) is 9.64. The lowest BCUT2D eigenvalue weighted by Crippen LogP contribution is -2.13. The number of aryl methyl sites for hydroxylation is 1. The standard InChI is InChI=1S/C19H21NO2S/c1-13(2)18-15(9-5-11-17(18)23(3,21)22)16-10-4-7-14-8-6-12-20-19(14)16/h4-5,7,9-11,20H,1,6,8,12H2,2-3H3. The summed E-state index contributed by atoms with van der Waals surface area (Å²) in [7, 11) is -3.31. The predicted octanol–water partition coefficient (Wildman–Crippen LogP) is 4.15. The molecule has 0 radical (unpaired) electrons. The molecule has 2 aromatic carbocycles. The van der Waals surface area contributed by atoms with E-state index >= 15 is 0 Å². The Morgan fingerprint density at radius 2 is 1.83 bits per heavy atom. The van der Waals surface area contributed by atoms with E-state index in [4.69, 9.17) is 0 Å². The summed E-state index contributed by atoms with van der Waals surface area (Å²) in [6.07, 6.45) is 3.41. The molecule has 0 saturated heterocycles. The molecule has 0 atom stereocenters. The van der Waals surface area contributed by atoms with Crippen molar-refractivity contribution in [1.29, 1.82) is 0 Å². The summed E-state index contributed by atoms with van der Waals surface area (Å²) in [5.41, 5.74) is 5.85. The number of fused-ring (bicyclic) bond motifs is 1. The first-order chi connectivity index (χ1) is 10.9. The minimum atomic E-state index is -3.31. The van der Waals surface area contributed by atoms with Gasteiger partial charge in [-0.1, -0.05) is 36.9 Å². The van der Waals surface area contributed by atoms with Gasteiger partial charge in [0.05, 0.1) is 4.90 Å². The third-order valence-electron chi connectivity index (χ3n) is 4.22. The number of rotatable bonds is 3. The van der Waals surface area contributed by atoms with Gasteiger partial charge in [0.25, 0.3) is 0 Å². The molecule has 0 saturated carbocycles. The van der Waals surface area contributed by atoms with E-state index in [0.29, 0.717) is 4.90 Å². The minimum Gasteiger partial charge on any atom is -0.384 e. The zero-order valence-electron chi connectivity index (χ0n) is 13.5. The van der Waals surface area contributed by atoms with Crippen molar-refractivity contribution in [3.05, 3.63) is 54.1 Å². The van der Waals surface area contributed by atoms with Crippen molar-refractivity contribution >= 4 is 21.1 Å². The van der Waals surface area contributed by atoms with Crippen molar-refractivity contribution in [3.63, 3.8) is 0 Å². The predicted molar refractivity (Wildman–Crippen MR) is 96.5 cm³/mol. The summed E-state index contributed by atoms with van der Waals surface area (Å²) in [4.78, 5) is 0.343. The van der Waals surface area contributed by atoms with Gasteiger partial charge in [-0.05, 0) is 42.5 Å². The molecule has 2 aromatic rings. The zero-order chi connectivity index (χ0) is 16.6. The Kier molecular flexibility index (Phi) is 4.02. The van der Waals surface area contributed by atoms with Crippen molar-refractivity contribution < 1.29 is 8.42 Å². The van der Waals surface area contributed by atoms with Crippen LogP contribution in [0, 0.1) is 0 Å². The minimum absolute atomic E-state index is 0.343. The highest BCUT2D eigenvalue weighted by Crippen LogP contribution is 2.39. The number of allylic oxidation sites excluding steroid dienone is 1. The maximum Gasteiger partial charge on any atom is 0.176 e. The van der Waals surface area contributed by atoms with Gasteiger partial charge in [-0.3, -0.25) is 0 Å². The monoisotopic (exact) mass is 327 g/mol. The molecule has 0 bridgehead atoms. The van der Waals surface area contributed by atoms with Gasteiger partial charge in [0, 0.05) is 29.6 Å². The van der Waals surface area contributed by atoms with E-state index in [1.165, 1.54) is 11.8 Å². The second-order valence-corrected chi connectivity index (χ2v) is 8.09. The normalized spacial score (nSPS) is 14.0. The maximum absolute atomic E-state index is 12.2. The Bertz CT molecular complexity index is 882. The van der Waals surface area contributed by atoms with E-state index in [2.05, 4.69) is 18.0 Å². The van der Waals surface area contributed by atoms with Crippen LogP contribution in [-0.2, 0) is 16.3 Å². The molecular formula is C19H21NO2S. The van der Waals surface area contributed by atoms with Crippen molar-refractivity contribution in [2.24, 2.45) is 0 Å². The third kappa shape index (κ3) is 2.91. The highest BCUT2D eigenvalue weighted by molar-refractivity contribution is 7.90. The fraction of sp³-hybridized carbons (Fsp3) is 0.263. The Balaban J connectivity index is 2.32. The van der Waals surface area contributed by atoms with Crippen LogP contribution in [-0.4, -0.2) is 21.2 Å². The first kappa shape index (κ1) is 15.8. The second-order valence-electron chi connectivity index (χ2n) is 6.10. The fourth-order valence-corrected chi connectivity index (χ4v) is 4.22. The fourth-order valence-electron chi connectivity index (χ4n) is 3.24. The lowest BCUT2D eigenvalue weighted by atomic mass is 9.91. The Morgan fingerprint density at radius 3 is 2.52 bits per heavy atom. The summed E-state index contributed by atoms with van der Waals surface area (Å²) in [6, 6.07) is 11.7. The van der Waals surface area contributed by atoms with Gasteiger partial charge in [0.1, 0.15) is 0 Å². The molecule has 1 N–H and O–H groups in total. The van der Waals surface area contributed by atoms with Gasteiger partial charge in [-0.2, -0.15) is 0 Å². The number of nitrogens with one attached hydrogen (secondary N) is 1. The van der Waals surface area contributed by atoms with E-state index in [0.717, 1.165) is 47.3 Å². The quantitative estimate of drug-likeness (QED) is 0.921. The molecular weight excluding hydrogens is 306 g/mol. The first-order valence-electron chi connectivity index (χ1n) is 7.74. The highest BCUT2D eigenvalue weighted by atomic mass is 32.2. The summed E-state index contributed by atoms with van der Waals surface area (Å²) < 4.78 is 24.3. The molecule has 120 valence electrons. The zero-order valence-corrected chi connectivity index (χ0v) is 14.3. The van der Waals surface area contributed by atoms with Crippen molar-refractivity contribution in [3.8, 4) is 11.1 Å². The van der Waals surface area contributed by atoms with Crippen LogP contribution >= 0.6 is 0 Å². The van der Waals surface area contributed by atoms with E-state index in [1.807, 2.05) is 25.1 Å². The van der Waals surface area contributed by atoms with E-state index in [-0.39, 0.29) is 0 Å². The number of anilines is 1. The highest BCUT2D eigenvalue weighted by Gasteiger charge is 2.21. The van der Waals surface area contributed by atoms with Gasteiger partial charge in [-0.15, -0.1) is 0 Å². The molecule has 0 fully saturated rings. The average Bonchev–Trinajstić information content (AvgIpc) is 2.52. The Labute approximate surface area is 138 Å². The Morgan fingerprint density at radius 1 is 1.13 bits per heavy atom. The van der Waals surface area contributed by atoms with Crippen LogP contribution in [0.3, 0.4) is 0 Å². The molecule has 0 amide bonds. The number of hydrogen-bond donors (Lipinski definition) is 1. The van der Waals surface area contributed by atoms with Crippen molar-refractivity contribution in [2.75, 3.05) is 18.1 Å². The molecule has 0 spiro atoms. The summed E-state index contributed by atoms with van der Waals surface area (Å²) in [6.45, 7) is 6.81. The average molecular weight is 327 g/mol. The molecule has 4 heteroatoms. The molecule has 1 aliphatic rings. The van der Waals surface area contributed by atoms with Gasteiger partial charge in [0.2, 0.25) is 0 Å². The molecule has 3 rings (SSSR count). The second kappa shape index (κ2) is 5.85. The molecule has 0 aromatic heterocycles. The maximum atomic E-state index is 12.2. The van der Waals surface area contributed by atoms with Gasteiger partial charge in [0.15, 0.2) is 9.84 Å². The smallest absolute Gasteiger partial charge is 0.176 e. The van der Waals surface area contributed by atoms with Crippen LogP contribution in [0.5, 0.6) is 0 Å². The number of benzene rings is 2. The summed E-state index contributed by atoms with van der Waals surface area (Å²) >= 11 is 0. The van der Waals surface area contributed by atoms with E-state index < -0.39 is 9.84 Å². The SMILES string of the molecule is C=C(C)c1c(-c2cccc3c2NCCC3)cccc1S(C)(=O)=O. The van der Waals surface area contributed by atoms with Crippen LogP contribution in [0.1, 0.15) is 24.5 Å². The topological polar surface area (TPSA) is 46.2 Å². The van der Waals surface area contributed by atoms with Crippen LogP contribution in [0.4, 0.5) is 5.69 Å². The number of hydrogen-bond acceptors (Lipinski definition) is 3. The molecule has 3 nitrogen and oxygen atoms in total. The molecule has 0 aliphatic carbocycles. The van der Waals surface area contributed by atoms with E-state index in [9.17, 15) is 8.42 Å².